The lowest BCUT2D eigenvalue weighted by Gasteiger charge is -2.33. The van der Waals surface area contributed by atoms with Crippen molar-refractivity contribution in [1.82, 2.24) is 10.2 Å². The van der Waals surface area contributed by atoms with Gasteiger partial charge in [-0.3, -0.25) is 4.21 Å². The predicted octanol–water partition coefficient (Wildman–Crippen LogP) is 1.22. The first-order chi connectivity index (χ1) is 7.59. The smallest absolute Gasteiger partial charge is 0.0246 e. The van der Waals surface area contributed by atoms with Gasteiger partial charge in [0.15, 0.2) is 0 Å². The summed E-state index contributed by atoms with van der Waals surface area (Å²) in [6, 6.07) is 1.18. The Kier molecular flexibility index (Phi) is 6.54. The number of likely N-dealkylation sites (tertiary alicyclic amines) is 1. The molecule has 0 saturated carbocycles. The van der Waals surface area contributed by atoms with Crippen molar-refractivity contribution >= 4 is 10.8 Å². The number of likely N-dealkylation sites (N-methyl/N-ethyl adjacent to an activating group) is 1. The SMILES string of the molecule is CC(CCS(C)=O)NCC1CCCCN1C. The molecule has 16 heavy (non-hydrogen) atoms. The lowest BCUT2D eigenvalue weighted by atomic mass is 10.0. The third kappa shape index (κ3) is 5.41. The van der Waals surface area contributed by atoms with Gasteiger partial charge in [0.2, 0.25) is 0 Å². The fraction of sp³-hybridized carbons (Fsp3) is 1.00. The van der Waals surface area contributed by atoms with E-state index in [-0.39, 0.29) is 0 Å². The number of piperidine rings is 1. The Morgan fingerprint density at radius 3 is 2.88 bits per heavy atom. The Hall–Kier alpha value is 0.0700. The molecule has 0 radical (unpaired) electrons. The molecule has 1 N–H and O–H groups in total. The maximum atomic E-state index is 11.0. The molecular formula is C12H26N2OS. The number of rotatable bonds is 6. The third-order valence-electron chi connectivity index (χ3n) is 3.46. The van der Waals surface area contributed by atoms with Gasteiger partial charge in [-0.2, -0.15) is 0 Å². The van der Waals surface area contributed by atoms with Crippen molar-refractivity contribution in [2.45, 2.75) is 44.7 Å². The van der Waals surface area contributed by atoms with Crippen molar-refractivity contribution in [3.8, 4) is 0 Å². The van der Waals surface area contributed by atoms with Gasteiger partial charge in [0, 0.05) is 41.4 Å². The van der Waals surface area contributed by atoms with Crippen molar-refractivity contribution in [3.05, 3.63) is 0 Å². The highest BCUT2D eigenvalue weighted by Crippen LogP contribution is 2.14. The molecule has 0 aliphatic carbocycles. The van der Waals surface area contributed by atoms with Crippen LogP contribution in [0.5, 0.6) is 0 Å². The van der Waals surface area contributed by atoms with Gasteiger partial charge >= 0.3 is 0 Å². The summed E-state index contributed by atoms with van der Waals surface area (Å²) in [5, 5.41) is 3.56. The van der Waals surface area contributed by atoms with Crippen molar-refractivity contribution in [3.63, 3.8) is 0 Å². The molecule has 0 amide bonds. The molecule has 1 fully saturated rings. The Morgan fingerprint density at radius 1 is 1.50 bits per heavy atom. The zero-order valence-corrected chi connectivity index (χ0v) is 11.7. The van der Waals surface area contributed by atoms with Crippen LogP contribution in [0.15, 0.2) is 0 Å². The Labute approximate surface area is 102 Å². The minimum Gasteiger partial charge on any atom is -0.313 e. The zero-order valence-electron chi connectivity index (χ0n) is 10.9. The quantitative estimate of drug-likeness (QED) is 0.765. The molecular weight excluding hydrogens is 220 g/mol. The lowest BCUT2D eigenvalue weighted by molar-refractivity contribution is 0.178. The highest BCUT2D eigenvalue weighted by atomic mass is 32.2. The maximum Gasteiger partial charge on any atom is 0.0246 e. The summed E-state index contributed by atoms with van der Waals surface area (Å²) in [5.41, 5.74) is 0. The molecule has 1 aliphatic heterocycles. The normalized spacial score (nSPS) is 26.6. The molecule has 96 valence electrons. The van der Waals surface area contributed by atoms with E-state index >= 15 is 0 Å². The summed E-state index contributed by atoms with van der Waals surface area (Å²) in [7, 11) is 1.57. The number of hydrogen-bond acceptors (Lipinski definition) is 3. The Morgan fingerprint density at radius 2 is 2.25 bits per heavy atom. The highest BCUT2D eigenvalue weighted by molar-refractivity contribution is 7.84. The summed E-state index contributed by atoms with van der Waals surface area (Å²) in [6.07, 6.45) is 6.82. The van der Waals surface area contributed by atoms with Crippen LogP contribution in [0, 0.1) is 0 Å². The molecule has 0 aromatic rings. The average molecular weight is 246 g/mol. The molecule has 0 aromatic heterocycles. The van der Waals surface area contributed by atoms with Gasteiger partial charge in [0.1, 0.15) is 0 Å². The van der Waals surface area contributed by atoms with Gasteiger partial charge in [0.05, 0.1) is 0 Å². The van der Waals surface area contributed by atoms with Crippen molar-refractivity contribution in [2.24, 2.45) is 0 Å². The second kappa shape index (κ2) is 7.41. The van der Waals surface area contributed by atoms with Crippen LogP contribution in [-0.4, -0.2) is 53.3 Å². The van der Waals surface area contributed by atoms with Crippen molar-refractivity contribution < 1.29 is 4.21 Å². The van der Waals surface area contributed by atoms with Crippen LogP contribution in [0.25, 0.3) is 0 Å². The molecule has 1 rings (SSSR count). The van der Waals surface area contributed by atoms with Gasteiger partial charge < -0.3 is 10.2 Å². The Bertz CT molecular complexity index is 223. The summed E-state index contributed by atoms with van der Waals surface area (Å²) in [4.78, 5) is 2.46. The van der Waals surface area contributed by atoms with Crippen LogP contribution in [0.2, 0.25) is 0 Å². The van der Waals surface area contributed by atoms with E-state index in [1.165, 1.54) is 25.8 Å². The van der Waals surface area contributed by atoms with Crippen LogP contribution in [-0.2, 0) is 10.8 Å². The third-order valence-corrected chi connectivity index (χ3v) is 4.27. The molecule has 3 nitrogen and oxygen atoms in total. The second-order valence-electron chi connectivity index (χ2n) is 5.01. The average Bonchev–Trinajstić information content (AvgIpc) is 2.25. The maximum absolute atomic E-state index is 11.0. The van der Waals surface area contributed by atoms with Gasteiger partial charge in [0.25, 0.3) is 0 Å². The standard InChI is InChI=1S/C12H26N2OS/c1-11(7-9-16(3)15)13-10-12-6-4-5-8-14(12)2/h11-13H,4-10H2,1-3H3. The second-order valence-corrected chi connectivity index (χ2v) is 6.56. The molecule has 0 aromatic carbocycles. The molecule has 1 saturated heterocycles. The molecule has 0 bridgehead atoms. The van der Waals surface area contributed by atoms with Gasteiger partial charge in [-0.15, -0.1) is 0 Å². The topological polar surface area (TPSA) is 32.3 Å². The monoisotopic (exact) mass is 246 g/mol. The van der Waals surface area contributed by atoms with Crippen molar-refractivity contribution in [2.75, 3.05) is 32.1 Å². The Balaban J connectivity index is 2.14. The van der Waals surface area contributed by atoms with Crippen LogP contribution in [0.3, 0.4) is 0 Å². The van der Waals surface area contributed by atoms with Gasteiger partial charge in [-0.25, -0.2) is 0 Å². The van der Waals surface area contributed by atoms with E-state index in [9.17, 15) is 4.21 Å². The summed E-state index contributed by atoms with van der Waals surface area (Å²) < 4.78 is 11.0. The van der Waals surface area contributed by atoms with E-state index in [0.29, 0.717) is 12.1 Å². The van der Waals surface area contributed by atoms with Gasteiger partial charge in [-0.1, -0.05) is 6.42 Å². The van der Waals surface area contributed by atoms with Gasteiger partial charge in [-0.05, 0) is 39.8 Å². The van der Waals surface area contributed by atoms with E-state index in [2.05, 4.69) is 24.2 Å². The summed E-state index contributed by atoms with van der Waals surface area (Å²) in [5.74, 6) is 0.814. The first-order valence-corrected chi connectivity index (χ1v) is 8.06. The van der Waals surface area contributed by atoms with Crippen LogP contribution < -0.4 is 5.32 Å². The largest absolute Gasteiger partial charge is 0.313 e. The zero-order chi connectivity index (χ0) is 12.0. The van der Waals surface area contributed by atoms with E-state index in [4.69, 9.17) is 0 Å². The molecule has 3 atom stereocenters. The molecule has 0 spiro atoms. The summed E-state index contributed by atoms with van der Waals surface area (Å²) in [6.45, 7) is 4.50. The lowest BCUT2D eigenvalue weighted by Crippen LogP contribution is -2.45. The fourth-order valence-corrected chi connectivity index (χ4v) is 2.87. The molecule has 4 heteroatoms. The van der Waals surface area contributed by atoms with Crippen LogP contribution in [0.4, 0.5) is 0 Å². The van der Waals surface area contributed by atoms with E-state index in [1.807, 2.05) is 0 Å². The fourth-order valence-electron chi connectivity index (χ4n) is 2.18. The first-order valence-electron chi connectivity index (χ1n) is 6.33. The highest BCUT2D eigenvalue weighted by Gasteiger charge is 2.18. The first kappa shape index (κ1) is 14.1. The molecule has 1 heterocycles. The minimum absolute atomic E-state index is 0.485. The number of nitrogens with one attached hydrogen (secondary N) is 1. The van der Waals surface area contributed by atoms with E-state index < -0.39 is 10.8 Å². The minimum atomic E-state index is -0.652. The van der Waals surface area contributed by atoms with Crippen LogP contribution >= 0.6 is 0 Å². The van der Waals surface area contributed by atoms with E-state index in [1.54, 1.807) is 6.26 Å². The number of nitrogens with zero attached hydrogens (tertiary/aromatic N) is 1. The van der Waals surface area contributed by atoms with Crippen LogP contribution in [0.1, 0.15) is 32.6 Å². The van der Waals surface area contributed by atoms with E-state index in [0.717, 1.165) is 18.7 Å². The molecule has 1 aliphatic rings. The predicted molar refractivity (Wildman–Crippen MR) is 71.3 cm³/mol. The summed E-state index contributed by atoms with van der Waals surface area (Å²) >= 11 is 0. The molecule has 3 unspecified atom stereocenters. The number of hydrogen-bond donors (Lipinski definition) is 1. The van der Waals surface area contributed by atoms with Crippen molar-refractivity contribution in [1.29, 1.82) is 0 Å².